The molecule has 0 spiro atoms. The number of aromatic hydroxyl groups is 1. The van der Waals surface area contributed by atoms with E-state index in [2.05, 4.69) is 19.9 Å². The van der Waals surface area contributed by atoms with Gasteiger partial charge in [-0.05, 0) is 12.1 Å². The Morgan fingerprint density at radius 1 is 1.16 bits per heavy atom. The smallest absolute Gasteiger partial charge is 0.327 e. The van der Waals surface area contributed by atoms with Gasteiger partial charge in [-0.3, -0.25) is 14.8 Å². The van der Waals surface area contributed by atoms with Crippen molar-refractivity contribution in [2.75, 3.05) is 5.73 Å². The Morgan fingerprint density at radius 3 is 2.68 bits per heavy atom. The number of nitrogens with one attached hydrogen (secondary N) is 3. The maximum Gasteiger partial charge on any atom is 0.327 e. The van der Waals surface area contributed by atoms with Crippen molar-refractivity contribution in [3.8, 4) is 17.1 Å². The molecule has 1 aromatic carbocycles. The van der Waals surface area contributed by atoms with Crippen molar-refractivity contribution in [3.63, 3.8) is 0 Å². The highest BCUT2D eigenvalue weighted by Gasteiger charge is 2.12. The number of anilines is 1. The van der Waals surface area contributed by atoms with Crippen LogP contribution in [0.25, 0.3) is 22.6 Å². The van der Waals surface area contributed by atoms with E-state index < -0.39 is 11.2 Å². The predicted octanol–water partition coefficient (Wildman–Crippen LogP) is -0.106. The number of nitrogens with zero attached hydrogens (tertiary/aromatic N) is 1. The minimum absolute atomic E-state index is 0.0715. The van der Waals surface area contributed by atoms with Crippen molar-refractivity contribution in [2.45, 2.75) is 0 Å². The molecular weight excluding hydrogens is 250 g/mol. The maximum absolute atomic E-state index is 11.6. The number of H-pyrrole nitrogens is 3. The van der Waals surface area contributed by atoms with E-state index in [-0.39, 0.29) is 22.7 Å². The van der Waals surface area contributed by atoms with Gasteiger partial charge in [0, 0.05) is 11.8 Å². The highest BCUT2D eigenvalue weighted by molar-refractivity contribution is 5.77. The third-order valence-corrected chi connectivity index (χ3v) is 2.67. The van der Waals surface area contributed by atoms with Crippen LogP contribution in [0.15, 0.2) is 27.8 Å². The number of hydrogen-bond donors (Lipinski definition) is 5. The zero-order chi connectivity index (χ0) is 13.6. The minimum atomic E-state index is -0.642. The average Bonchev–Trinajstić information content (AvgIpc) is 2.72. The van der Waals surface area contributed by atoms with Gasteiger partial charge in [0.05, 0.1) is 5.56 Å². The molecule has 0 atom stereocenters. The Balaban J connectivity index is 2.29. The van der Waals surface area contributed by atoms with Gasteiger partial charge in [0.2, 0.25) is 0 Å². The molecule has 19 heavy (non-hydrogen) atoms. The van der Waals surface area contributed by atoms with Gasteiger partial charge in [-0.25, -0.2) is 9.78 Å². The van der Waals surface area contributed by atoms with E-state index in [4.69, 9.17) is 5.73 Å². The van der Waals surface area contributed by atoms with E-state index in [9.17, 15) is 14.7 Å². The Bertz CT molecular complexity index is 889. The van der Waals surface area contributed by atoms with E-state index >= 15 is 0 Å². The lowest BCUT2D eigenvalue weighted by Gasteiger charge is -2.01. The molecule has 0 unspecified atom stereocenters. The number of phenols is 1. The lowest BCUT2D eigenvalue weighted by atomic mass is 10.2. The van der Waals surface area contributed by atoms with Crippen LogP contribution >= 0.6 is 0 Å². The van der Waals surface area contributed by atoms with E-state index in [0.29, 0.717) is 11.3 Å². The Kier molecular flexibility index (Phi) is 2.18. The van der Waals surface area contributed by atoms with Gasteiger partial charge in [0.25, 0.3) is 5.56 Å². The molecule has 0 bridgehead atoms. The number of hydrogen-bond acceptors (Lipinski definition) is 5. The second-order valence-electron chi connectivity index (χ2n) is 3.99. The molecule has 0 aliphatic rings. The average molecular weight is 259 g/mol. The Hall–Kier alpha value is -3.03. The first-order valence-corrected chi connectivity index (χ1v) is 5.36. The fraction of sp³-hybridized carbons (Fsp3) is 0. The number of imidazole rings is 1. The summed E-state index contributed by atoms with van der Waals surface area (Å²) in [6.45, 7) is 0. The minimum Gasteiger partial charge on any atom is -0.507 e. The van der Waals surface area contributed by atoms with Crippen molar-refractivity contribution < 1.29 is 5.11 Å². The van der Waals surface area contributed by atoms with Crippen molar-refractivity contribution in [1.82, 2.24) is 19.9 Å². The molecule has 96 valence electrons. The number of phenolic OH excluding ortho intramolecular Hbond substituents is 1. The summed E-state index contributed by atoms with van der Waals surface area (Å²) in [4.78, 5) is 34.0. The second kappa shape index (κ2) is 3.73. The summed E-state index contributed by atoms with van der Waals surface area (Å²) in [6, 6.07) is 4.53. The van der Waals surface area contributed by atoms with Crippen LogP contribution in [-0.4, -0.2) is 25.0 Å². The van der Waals surface area contributed by atoms with Gasteiger partial charge in [-0.1, -0.05) is 0 Å². The molecule has 2 heterocycles. The fourth-order valence-corrected chi connectivity index (χ4v) is 1.81. The third-order valence-electron chi connectivity index (χ3n) is 2.67. The molecule has 0 saturated carbocycles. The fourth-order valence-electron chi connectivity index (χ4n) is 1.81. The zero-order valence-corrected chi connectivity index (χ0v) is 9.52. The molecule has 0 fully saturated rings. The number of aromatic nitrogens is 4. The number of nitrogen functional groups attached to an aromatic ring is 1. The Morgan fingerprint density at radius 2 is 1.95 bits per heavy atom. The van der Waals surface area contributed by atoms with Crippen LogP contribution in [0.5, 0.6) is 5.75 Å². The number of fused-ring (bicyclic) bond motifs is 1. The molecule has 6 N–H and O–H groups in total. The summed E-state index contributed by atoms with van der Waals surface area (Å²) in [5.41, 5.74) is 5.36. The van der Waals surface area contributed by atoms with Crippen molar-refractivity contribution >= 4 is 16.9 Å². The first kappa shape index (κ1) is 11.1. The SMILES string of the molecule is Nc1ccc(-c2nc3[nH]c(=O)[nH]c(=O)c3[nH]2)c(O)c1. The predicted molar refractivity (Wildman–Crippen MR) is 68.8 cm³/mol. The first-order valence-electron chi connectivity index (χ1n) is 5.36. The summed E-state index contributed by atoms with van der Waals surface area (Å²) in [5.74, 6) is 0.192. The quantitative estimate of drug-likeness (QED) is 0.388. The van der Waals surface area contributed by atoms with Crippen LogP contribution in [0, 0.1) is 0 Å². The Labute approximate surface area is 104 Å². The monoisotopic (exact) mass is 259 g/mol. The molecule has 0 aliphatic heterocycles. The molecular formula is C11H9N5O3. The summed E-state index contributed by atoms with van der Waals surface area (Å²) in [5, 5.41) is 9.80. The van der Waals surface area contributed by atoms with Crippen molar-refractivity contribution in [3.05, 3.63) is 39.0 Å². The number of benzene rings is 1. The molecule has 0 saturated heterocycles. The van der Waals surface area contributed by atoms with E-state index in [1.165, 1.54) is 6.07 Å². The lowest BCUT2D eigenvalue weighted by molar-refractivity contribution is 0.477. The normalized spacial score (nSPS) is 10.9. The summed E-state index contributed by atoms with van der Waals surface area (Å²) < 4.78 is 0. The molecule has 3 aromatic rings. The molecule has 8 heteroatoms. The van der Waals surface area contributed by atoms with Crippen LogP contribution in [0.3, 0.4) is 0 Å². The standard InChI is InChI=1S/C11H9N5O3/c12-4-1-2-5(6(17)3-4)8-13-7-9(14-8)15-11(19)16-10(7)18/h1-3,17H,12H2,(H3,13,14,15,16,18,19). The highest BCUT2D eigenvalue weighted by Crippen LogP contribution is 2.29. The number of nitrogens with two attached hydrogens (primary N) is 1. The molecule has 2 aromatic heterocycles. The summed E-state index contributed by atoms with van der Waals surface area (Å²) in [7, 11) is 0. The second-order valence-corrected chi connectivity index (χ2v) is 3.99. The number of aromatic amines is 3. The molecule has 3 rings (SSSR count). The largest absolute Gasteiger partial charge is 0.507 e. The third kappa shape index (κ3) is 1.75. The van der Waals surface area contributed by atoms with Crippen molar-refractivity contribution in [1.29, 1.82) is 0 Å². The first-order chi connectivity index (χ1) is 9.04. The molecule has 8 nitrogen and oxygen atoms in total. The molecule has 0 amide bonds. The van der Waals surface area contributed by atoms with E-state index in [1.54, 1.807) is 12.1 Å². The zero-order valence-electron chi connectivity index (χ0n) is 9.52. The van der Waals surface area contributed by atoms with Crippen LogP contribution < -0.4 is 17.0 Å². The van der Waals surface area contributed by atoms with Gasteiger partial charge in [0.1, 0.15) is 17.1 Å². The van der Waals surface area contributed by atoms with Crippen LogP contribution in [0.4, 0.5) is 5.69 Å². The van der Waals surface area contributed by atoms with Crippen molar-refractivity contribution in [2.24, 2.45) is 0 Å². The van der Waals surface area contributed by atoms with Gasteiger partial charge in [-0.2, -0.15) is 0 Å². The highest BCUT2D eigenvalue weighted by atomic mass is 16.3. The van der Waals surface area contributed by atoms with Gasteiger partial charge >= 0.3 is 5.69 Å². The summed E-state index contributed by atoms with van der Waals surface area (Å²) >= 11 is 0. The van der Waals surface area contributed by atoms with E-state index in [1.807, 2.05) is 0 Å². The summed E-state index contributed by atoms with van der Waals surface area (Å²) in [6.07, 6.45) is 0. The molecule has 0 radical (unpaired) electrons. The van der Waals surface area contributed by atoms with E-state index in [0.717, 1.165) is 0 Å². The molecule has 0 aliphatic carbocycles. The van der Waals surface area contributed by atoms with Gasteiger partial charge in [0.15, 0.2) is 5.65 Å². The van der Waals surface area contributed by atoms with Gasteiger partial charge < -0.3 is 15.8 Å². The van der Waals surface area contributed by atoms with Crippen LogP contribution in [0.2, 0.25) is 0 Å². The van der Waals surface area contributed by atoms with Crippen LogP contribution in [0.1, 0.15) is 0 Å². The van der Waals surface area contributed by atoms with Gasteiger partial charge in [-0.15, -0.1) is 0 Å². The lowest BCUT2D eigenvalue weighted by Crippen LogP contribution is -2.21. The number of rotatable bonds is 1. The maximum atomic E-state index is 11.6. The van der Waals surface area contributed by atoms with Crippen LogP contribution in [-0.2, 0) is 0 Å². The topological polar surface area (TPSA) is 141 Å².